The number of Topliss-reactive ketones (excluding diaryl/α,β-unsaturated/α-hetero) is 2. The van der Waals surface area contributed by atoms with Crippen LogP contribution in [0.15, 0.2) is 84.4 Å². The number of esters is 1. The van der Waals surface area contributed by atoms with Gasteiger partial charge in [0.15, 0.2) is 5.78 Å². The Bertz CT molecular complexity index is 1170. The maximum atomic E-state index is 13.2. The van der Waals surface area contributed by atoms with Crippen molar-refractivity contribution in [3.8, 4) is 5.75 Å². The molecular weight excluding hydrogens is 376 g/mol. The predicted molar refractivity (Wildman–Crippen MR) is 115 cm³/mol. The van der Waals surface area contributed by atoms with Crippen molar-refractivity contribution in [1.82, 2.24) is 0 Å². The maximum absolute atomic E-state index is 13.2. The zero-order chi connectivity index (χ0) is 21.3. The molecule has 4 rings (SSSR count). The number of ketones is 2. The summed E-state index contributed by atoms with van der Waals surface area (Å²) < 4.78 is 5.50. The van der Waals surface area contributed by atoms with E-state index in [1.165, 1.54) is 0 Å². The summed E-state index contributed by atoms with van der Waals surface area (Å²) in [5.41, 5.74) is 1.95. The zero-order valence-electron chi connectivity index (χ0n) is 16.7. The molecule has 0 spiro atoms. The smallest absolute Gasteiger partial charge is 0.348 e. The van der Waals surface area contributed by atoms with Crippen LogP contribution in [0, 0.1) is 0 Å². The summed E-state index contributed by atoms with van der Waals surface area (Å²) in [4.78, 5) is 39.5. The number of rotatable bonds is 4. The molecule has 0 amide bonds. The number of benzene rings is 3. The van der Waals surface area contributed by atoms with E-state index in [0.717, 1.165) is 5.56 Å². The molecule has 0 aromatic heterocycles. The van der Waals surface area contributed by atoms with Crippen LogP contribution in [-0.4, -0.2) is 17.5 Å². The average molecular weight is 396 g/mol. The van der Waals surface area contributed by atoms with Gasteiger partial charge in [-0.2, -0.15) is 0 Å². The molecule has 0 saturated carbocycles. The third kappa shape index (κ3) is 3.48. The lowest BCUT2D eigenvalue weighted by Crippen LogP contribution is -2.28. The largest absolute Gasteiger partial charge is 0.423 e. The van der Waals surface area contributed by atoms with E-state index in [-0.39, 0.29) is 22.5 Å². The van der Waals surface area contributed by atoms with Gasteiger partial charge in [-0.3, -0.25) is 9.59 Å². The van der Waals surface area contributed by atoms with Crippen molar-refractivity contribution in [2.45, 2.75) is 19.8 Å². The molecule has 30 heavy (non-hydrogen) atoms. The van der Waals surface area contributed by atoms with E-state index in [4.69, 9.17) is 4.74 Å². The molecule has 0 radical (unpaired) electrons. The lowest BCUT2D eigenvalue weighted by atomic mass is 9.81. The number of ether oxygens (including phenoxy) is 1. The van der Waals surface area contributed by atoms with Gasteiger partial charge in [-0.15, -0.1) is 0 Å². The van der Waals surface area contributed by atoms with Crippen molar-refractivity contribution in [2.75, 3.05) is 0 Å². The van der Waals surface area contributed by atoms with Crippen molar-refractivity contribution < 1.29 is 19.1 Å². The lowest BCUT2D eigenvalue weighted by Gasteiger charge is -2.20. The van der Waals surface area contributed by atoms with E-state index in [1.807, 2.05) is 12.1 Å². The Balaban J connectivity index is 1.79. The molecule has 0 N–H and O–H groups in total. The second kappa shape index (κ2) is 7.91. The first-order valence-electron chi connectivity index (χ1n) is 9.77. The summed E-state index contributed by atoms with van der Waals surface area (Å²) in [6.45, 7) is 4.14. The molecule has 4 heteroatoms. The molecule has 0 bridgehead atoms. The average Bonchev–Trinajstić information content (AvgIpc) is 2.77. The highest BCUT2D eigenvalue weighted by Crippen LogP contribution is 2.33. The van der Waals surface area contributed by atoms with Crippen molar-refractivity contribution in [3.63, 3.8) is 0 Å². The third-order valence-corrected chi connectivity index (χ3v) is 5.14. The quantitative estimate of drug-likeness (QED) is 0.343. The van der Waals surface area contributed by atoms with Crippen LogP contribution in [0.1, 0.15) is 51.6 Å². The number of hydrogen-bond acceptors (Lipinski definition) is 4. The summed E-state index contributed by atoms with van der Waals surface area (Å²) in [7, 11) is 0. The minimum Gasteiger partial charge on any atom is -0.423 e. The first kappa shape index (κ1) is 19.5. The Hall–Kier alpha value is -3.79. The molecule has 1 aliphatic carbocycles. The van der Waals surface area contributed by atoms with Crippen LogP contribution in [0.4, 0.5) is 0 Å². The van der Waals surface area contributed by atoms with Crippen LogP contribution in [-0.2, 0) is 4.79 Å². The molecule has 3 aromatic carbocycles. The predicted octanol–water partition coefficient (Wildman–Crippen LogP) is 5.25. The molecule has 148 valence electrons. The second-order valence-corrected chi connectivity index (χ2v) is 7.43. The van der Waals surface area contributed by atoms with E-state index in [1.54, 1.807) is 66.7 Å². The topological polar surface area (TPSA) is 60.4 Å². The SMILES string of the molecule is CC(C)c1ccc(OC(=O)C2=C(c3ccccc3)C(=O)c3ccccc3C2=O)cc1. The molecule has 0 unspecified atom stereocenters. The first-order valence-corrected chi connectivity index (χ1v) is 9.77. The third-order valence-electron chi connectivity index (χ3n) is 5.14. The van der Waals surface area contributed by atoms with Crippen LogP contribution in [0.25, 0.3) is 5.57 Å². The van der Waals surface area contributed by atoms with Gasteiger partial charge in [0.25, 0.3) is 0 Å². The van der Waals surface area contributed by atoms with Crippen molar-refractivity contribution in [1.29, 1.82) is 0 Å². The minimum absolute atomic E-state index is 0.0723. The molecule has 0 fully saturated rings. The second-order valence-electron chi connectivity index (χ2n) is 7.43. The monoisotopic (exact) mass is 396 g/mol. The number of fused-ring (bicyclic) bond motifs is 1. The molecule has 0 saturated heterocycles. The Morgan fingerprint density at radius 2 is 1.30 bits per heavy atom. The highest BCUT2D eigenvalue weighted by Gasteiger charge is 2.37. The van der Waals surface area contributed by atoms with Crippen LogP contribution in [0.3, 0.4) is 0 Å². The molecule has 3 aromatic rings. The zero-order valence-corrected chi connectivity index (χ0v) is 16.7. The molecule has 4 nitrogen and oxygen atoms in total. The molecule has 0 atom stereocenters. The van der Waals surface area contributed by atoms with Crippen molar-refractivity contribution in [2.24, 2.45) is 0 Å². The summed E-state index contributed by atoms with van der Waals surface area (Å²) in [6, 6.07) is 22.4. The van der Waals surface area contributed by atoms with Crippen molar-refractivity contribution >= 4 is 23.1 Å². The Morgan fingerprint density at radius 1 is 0.733 bits per heavy atom. The van der Waals surface area contributed by atoms with Gasteiger partial charge in [0, 0.05) is 16.7 Å². The molecular formula is C26H20O4. The minimum atomic E-state index is -0.834. The van der Waals surface area contributed by atoms with Gasteiger partial charge >= 0.3 is 5.97 Å². The van der Waals surface area contributed by atoms with Gasteiger partial charge in [0.2, 0.25) is 5.78 Å². The van der Waals surface area contributed by atoms with E-state index in [0.29, 0.717) is 22.8 Å². The highest BCUT2D eigenvalue weighted by atomic mass is 16.5. The van der Waals surface area contributed by atoms with Gasteiger partial charge in [0.1, 0.15) is 11.3 Å². The Labute approximate surface area is 174 Å². The highest BCUT2D eigenvalue weighted by molar-refractivity contribution is 6.46. The van der Waals surface area contributed by atoms with E-state index in [9.17, 15) is 14.4 Å². The van der Waals surface area contributed by atoms with Gasteiger partial charge in [-0.1, -0.05) is 80.6 Å². The molecule has 0 aliphatic heterocycles. The van der Waals surface area contributed by atoms with E-state index in [2.05, 4.69) is 13.8 Å². The van der Waals surface area contributed by atoms with Crippen LogP contribution in [0.2, 0.25) is 0 Å². The van der Waals surface area contributed by atoms with Crippen LogP contribution >= 0.6 is 0 Å². The van der Waals surface area contributed by atoms with Gasteiger partial charge in [-0.05, 0) is 29.2 Å². The van der Waals surface area contributed by atoms with Gasteiger partial charge in [-0.25, -0.2) is 4.79 Å². The summed E-state index contributed by atoms with van der Waals surface area (Å²) >= 11 is 0. The summed E-state index contributed by atoms with van der Waals surface area (Å²) in [5, 5.41) is 0. The molecule has 0 heterocycles. The number of allylic oxidation sites excluding steroid dienone is 1. The van der Waals surface area contributed by atoms with Crippen LogP contribution in [0.5, 0.6) is 5.75 Å². The van der Waals surface area contributed by atoms with Gasteiger partial charge < -0.3 is 4.74 Å². The Morgan fingerprint density at radius 3 is 1.90 bits per heavy atom. The van der Waals surface area contributed by atoms with Crippen LogP contribution < -0.4 is 4.74 Å². The van der Waals surface area contributed by atoms with Crippen molar-refractivity contribution in [3.05, 3.63) is 107 Å². The number of carbonyl (C=O) groups excluding carboxylic acids is 3. The fourth-order valence-corrected chi connectivity index (χ4v) is 3.53. The molecule has 1 aliphatic rings. The summed E-state index contributed by atoms with van der Waals surface area (Å²) in [5.74, 6) is -1.04. The van der Waals surface area contributed by atoms with E-state index >= 15 is 0 Å². The fourth-order valence-electron chi connectivity index (χ4n) is 3.53. The standard InChI is InChI=1S/C26H20O4/c1-16(2)17-12-14-19(15-13-17)30-26(29)23-22(18-8-4-3-5-9-18)24(27)20-10-6-7-11-21(20)25(23)28/h3-16H,1-2H3. The fraction of sp³-hybridized carbons (Fsp3) is 0.115. The normalized spacial score (nSPS) is 13.4. The summed E-state index contributed by atoms with van der Waals surface area (Å²) in [6.07, 6.45) is 0. The lowest BCUT2D eigenvalue weighted by molar-refractivity contribution is -0.129. The van der Waals surface area contributed by atoms with Gasteiger partial charge in [0.05, 0.1) is 0 Å². The van der Waals surface area contributed by atoms with E-state index < -0.39 is 11.8 Å². The maximum Gasteiger partial charge on any atom is 0.348 e. The first-order chi connectivity index (χ1) is 14.5. The Kier molecular flexibility index (Phi) is 5.15. The number of carbonyl (C=O) groups is 3. The number of hydrogen-bond donors (Lipinski definition) is 0.